The van der Waals surface area contributed by atoms with Gasteiger partial charge in [0.25, 0.3) is 0 Å². The Morgan fingerprint density at radius 1 is 1.00 bits per heavy atom. The summed E-state index contributed by atoms with van der Waals surface area (Å²) in [7, 11) is 0. The first-order valence-electron chi connectivity index (χ1n) is 7.65. The van der Waals surface area contributed by atoms with Crippen molar-refractivity contribution in [1.82, 2.24) is 0 Å². The molecule has 0 fully saturated rings. The predicted molar refractivity (Wildman–Crippen MR) is 81.6 cm³/mol. The van der Waals surface area contributed by atoms with Gasteiger partial charge in [0, 0.05) is 36.0 Å². The molecule has 1 atom stereocenters. The molecule has 0 bridgehead atoms. The molecule has 1 unspecified atom stereocenters. The van der Waals surface area contributed by atoms with E-state index < -0.39 is 6.10 Å². The normalized spacial score (nSPS) is 11.8. The quantitative estimate of drug-likeness (QED) is 0.311. The third-order valence-electron chi connectivity index (χ3n) is 3.13. The van der Waals surface area contributed by atoms with Crippen molar-refractivity contribution in [3.8, 4) is 0 Å². The first kappa shape index (κ1) is 22.7. The van der Waals surface area contributed by atoms with E-state index in [0.717, 1.165) is 12.8 Å². The van der Waals surface area contributed by atoms with Gasteiger partial charge in [0.15, 0.2) is 0 Å². The number of carbonyl (C=O) groups excluding carboxylic acids is 1. The molecule has 0 rings (SSSR count). The standard InChI is InChI=1S/C15H30O4.Na/c1-2-3-4-5-6-7-8-9-10-11-15(18)19-13-14(17)12-16;/h14,16-17H,2-13H2,1H3;. The molecule has 0 saturated heterocycles. The van der Waals surface area contributed by atoms with Gasteiger partial charge in [-0.25, -0.2) is 0 Å². The first-order chi connectivity index (χ1) is 9.20. The van der Waals surface area contributed by atoms with Gasteiger partial charge in [-0.2, -0.15) is 0 Å². The van der Waals surface area contributed by atoms with Crippen LogP contribution in [0.15, 0.2) is 0 Å². The Kier molecular flexibility index (Phi) is 19.8. The fourth-order valence-corrected chi connectivity index (χ4v) is 1.89. The summed E-state index contributed by atoms with van der Waals surface area (Å²) in [6, 6.07) is 0. The summed E-state index contributed by atoms with van der Waals surface area (Å²) in [5, 5.41) is 17.6. The van der Waals surface area contributed by atoms with Crippen LogP contribution < -0.4 is 0 Å². The van der Waals surface area contributed by atoms with Crippen molar-refractivity contribution in [2.24, 2.45) is 0 Å². The van der Waals surface area contributed by atoms with E-state index in [2.05, 4.69) is 6.92 Å². The fraction of sp³-hybridized carbons (Fsp3) is 0.933. The molecule has 115 valence electrons. The molecule has 0 aliphatic rings. The molecule has 0 aromatic heterocycles. The number of ether oxygens (including phenoxy) is 1. The third-order valence-corrected chi connectivity index (χ3v) is 3.13. The molecule has 0 heterocycles. The molecular formula is C15H30NaO4. The molecule has 0 aliphatic heterocycles. The number of rotatable bonds is 13. The number of hydrogen-bond acceptors (Lipinski definition) is 4. The fourth-order valence-electron chi connectivity index (χ4n) is 1.89. The van der Waals surface area contributed by atoms with Gasteiger partial charge in [-0.05, 0) is 6.42 Å². The van der Waals surface area contributed by atoms with Crippen LogP contribution in [0.3, 0.4) is 0 Å². The Morgan fingerprint density at radius 2 is 1.50 bits per heavy atom. The van der Waals surface area contributed by atoms with E-state index in [9.17, 15) is 4.79 Å². The van der Waals surface area contributed by atoms with E-state index in [1.54, 1.807) is 0 Å². The topological polar surface area (TPSA) is 66.8 Å². The predicted octanol–water partition coefficient (Wildman–Crippen LogP) is 2.42. The molecule has 0 amide bonds. The molecule has 1 radical (unpaired) electrons. The maximum absolute atomic E-state index is 11.3. The maximum Gasteiger partial charge on any atom is 0.305 e. The summed E-state index contributed by atoms with van der Waals surface area (Å²) in [5.41, 5.74) is 0. The zero-order chi connectivity index (χ0) is 14.3. The van der Waals surface area contributed by atoms with Crippen molar-refractivity contribution >= 4 is 35.5 Å². The van der Waals surface area contributed by atoms with Gasteiger partial charge in [0.2, 0.25) is 0 Å². The summed E-state index contributed by atoms with van der Waals surface area (Å²) >= 11 is 0. The van der Waals surface area contributed by atoms with Crippen LogP contribution >= 0.6 is 0 Å². The number of esters is 1. The Labute approximate surface area is 145 Å². The average molecular weight is 297 g/mol. The molecule has 2 N–H and O–H groups in total. The molecule has 0 aromatic rings. The van der Waals surface area contributed by atoms with Crippen molar-refractivity contribution in [3.63, 3.8) is 0 Å². The Bertz CT molecular complexity index is 212. The van der Waals surface area contributed by atoms with Gasteiger partial charge in [-0.15, -0.1) is 0 Å². The van der Waals surface area contributed by atoms with Crippen molar-refractivity contribution in [1.29, 1.82) is 0 Å². The van der Waals surface area contributed by atoms with E-state index in [-0.39, 0.29) is 48.7 Å². The maximum atomic E-state index is 11.3. The van der Waals surface area contributed by atoms with Crippen LogP contribution in [0.25, 0.3) is 0 Å². The number of aliphatic hydroxyl groups is 2. The molecule has 4 nitrogen and oxygen atoms in total. The molecule has 0 aliphatic carbocycles. The van der Waals surface area contributed by atoms with E-state index >= 15 is 0 Å². The van der Waals surface area contributed by atoms with Gasteiger partial charge in [0.1, 0.15) is 12.7 Å². The Balaban J connectivity index is 0. The van der Waals surface area contributed by atoms with Crippen LogP contribution in [0, 0.1) is 0 Å². The van der Waals surface area contributed by atoms with Crippen LogP contribution in [0.1, 0.15) is 71.1 Å². The first-order valence-corrected chi connectivity index (χ1v) is 7.65. The summed E-state index contributed by atoms with van der Waals surface area (Å²) in [4.78, 5) is 11.3. The average Bonchev–Trinajstić information content (AvgIpc) is 2.42. The summed E-state index contributed by atoms with van der Waals surface area (Å²) < 4.78 is 4.82. The van der Waals surface area contributed by atoms with E-state index in [1.165, 1.54) is 44.9 Å². The minimum absolute atomic E-state index is 0. The SMILES string of the molecule is CCCCCCCCCCCC(=O)OCC(O)CO.[Na]. The summed E-state index contributed by atoms with van der Waals surface area (Å²) in [6.45, 7) is 1.75. The zero-order valence-corrected chi connectivity index (χ0v) is 15.3. The molecular weight excluding hydrogens is 267 g/mol. The van der Waals surface area contributed by atoms with Crippen molar-refractivity contribution in [2.45, 2.75) is 77.2 Å². The van der Waals surface area contributed by atoms with E-state index in [1.807, 2.05) is 0 Å². The van der Waals surface area contributed by atoms with Gasteiger partial charge in [-0.3, -0.25) is 4.79 Å². The molecule has 5 heteroatoms. The van der Waals surface area contributed by atoms with Crippen LogP contribution in [0.5, 0.6) is 0 Å². The smallest absolute Gasteiger partial charge is 0.305 e. The van der Waals surface area contributed by atoms with E-state index in [0.29, 0.717) is 6.42 Å². The monoisotopic (exact) mass is 297 g/mol. The van der Waals surface area contributed by atoms with Gasteiger partial charge in [0.05, 0.1) is 6.61 Å². The number of carbonyl (C=O) groups is 1. The second kappa shape index (κ2) is 17.4. The molecule has 0 spiro atoms. The van der Waals surface area contributed by atoms with E-state index in [4.69, 9.17) is 14.9 Å². The molecule has 0 aromatic carbocycles. The Morgan fingerprint density at radius 3 is 2.00 bits per heavy atom. The zero-order valence-electron chi connectivity index (χ0n) is 13.3. The molecule has 0 saturated carbocycles. The number of unbranched alkanes of at least 4 members (excludes halogenated alkanes) is 8. The van der Waals surface area contributed by atoms with Crippen LogP contribution in [-0.4, -0.2) is 65.1 Å². The minimum Gasteiger partial charge on any atom is -0.463 e. The van der Waals surface area contributed by atoms with Crippen molar-refractivity contribution in [2.75, 3.05) is 13.2 Å². The second-order valence-electron chi connectivity index (χ2n) is 5.10. The summed E-state index contributed by atoms with van der Waals surface area (Å²) in [6.07, 6.45) is 10.4. The largest absolute Gasteiger partial charge is 0.463 e. The van der Waals surface area contributed by atoms with Gasteiger partial charge >= 0.3 is 5.97 Å². The van der Waals surface area contributed by atoms with Crippen molar-refractivity contribution in [3.05, 3.63) is 0 Å². The Hall–Kier alpha value is 0.390. The van der Waals surface area contributed by atoms with Gasteiger partial charge in [-0.1, -0.05) is 58.3 Å². The van der Waals surface area contributed by atoms with Crippen LogP contribution in [0.4, 0.5) is 0 Å². The number of hydrogen-bond donors (Lipinski definition) is 2. The second-order valence-corrected chi connectivity index (χ2v) is 5.10. The molecule has 20 heavy (non-hydrogen) atoms. The van der Waals surface area contributed by atoms with Crippen molar-refractivity contribution < 1.29 is 19.7 Å². The minimum atomic E-state index is -0.952. The van der Waals surface area contributed by atoms with Crippen LogP contribution in [-0.2, 0) is 9.53 Å². The number of aliphatic hydroxyl groups excluding tert-OH is 2. The third kappa shape index (κ3) is 16.4. The van der Waals surface area contributed by atoms with Gasteiger partial charge < -0.3 is 14.9 Å². The summed E-state index contributed by atoms with van der Waals surface area (Å²) in [5.74, 6) is -0.282. The van der Waals surface area contributed by atoms with Crippen LogP contribution in [0.2, 0.25) is 0 Å².